The molecule has 10 atom stereocenters. The Morgan fingerprint density at radius 2 is 1.93 bits per heavy atom. The molecule has 3 aromatic heterocycles. The van der Waals surface area contributed by atoms with Crippen molar-refractivity contribution >= 4 is 38.7 Å². The van der Waals surface area contributed by atoms with Crippen molar-refractivity contribution in [2.75, 3.05) is 18.9 Å². The molecule has 2 fully saturated rings. The highest BCUT2D eigenvalue weighted by Gasteiger charge is 2.52. The third-order valence-corrected chi connectivity index (χ3v) is 9.41. The molecular formula is C21H27N7O15P2. The van der Waals surface area contributed by atoms with Crippen LogP contribution in [0.1, 0.15) is 22.8 Å². The fourth-order valence-corrected chi connectivity index (χ4v) is 7.00. The van der Waals surface area contributed by atoms with Crippen molar-refractivity contribution in [3.8, 4) is 0 Å². The van der Waals surface area contributed by atoms with E-state index in [-0.39, 0.29) is 22.7 Å². The van der Waals surface area contributed by atoms with E-state index in [4.69, 9.17) is 25.5 Å². The number of aliphatic hydroxyl groups excluding tert-OH is 4. The lowest BCUT2D eigenvalue weighted by Gasteiger charge is -2.29. The van der Waals surface area contributed by atoms with E-state index >= 15 is 0 Å². The average Bonchev–Trinajstić information content (AvgIpc) is 3.60. The van der Waals surface area contributed by atoms with E-state index < -0.39 is 89.4 Å². The highest BCUT2D eigenvalue weighted by Crippen LogP contribution is 2.59. The molecule has 2 aliphatic rings. The van der Waals surface area contributed by atoms with Crippen molar-refractivity contribution in [2.24, 2.45) is 5.73 Å². The molecule has 0 radical (unpaired) electrons. The van der Waals surface area contributed by atoms with E-state index in [1.54, 1.807) is 0 Å². The lowest BCUT2D eigenvalue weighted by molar-refractivity contribution is -0.765. The van der Waals surface area contributed by atoms with Gasteiger partial charge in [0.25, 0.3) is 25.5 Å². The topological polar surface area (TPSA) is 341 Å². The van der Waals surface area contributed by atoms with Crippen molar-refractivity contribution in [2.45, 2.75) is 49.1 Å². The molecule has 2 unspecified atom stereocenters. The summed E-state index contributed by atoms with van der Waals surface area (Å²) in [4.78, 5) is 56.2. The molecule has 45 heavy (non-hydrogen) atoms. The van der Waals surface area contributed by atoms with Crippen LogP contribution in [-0.4, -0.2) is 101 Å². The molecule has 0 aromatic carbocycles. The summed E-state index contributed by atoms with van der Waals surface area (Å²) >= 11 is 0. The molecule has 0 bridgehead atoms. The van der Waals surface area contributed by atoms with Gasteiger partial charge in [0.1, 0.15) is 36.1 Å². The smallest absolute Gasteiger partial charge is 0.478 e. The van der Waals surface area contributed by atoms with Crippen LogP contribution in [0.25, 0.3) is 11.2 Å². The van der Waals surface area contributed by atoms with Crippen LogP contribution < -0.4 is 26.5 Å². The number of aliphatic hydroxyl groups is 4. The predicted octanol–water partition coefficient (Wildman–Crippen LogP) is -4.35. The molecule has 2 aliphatic heterocycles. The molecule has 10 N–H and O–H groups in total. The van der Waals surface area contributed by atoms with E-state index in [1.807, 2.05) is 0 Å². The van der Waals surface area contributed by atoms with Crippen molar-refractivity contribution in [3.63, 3.8) is 0 Å². The number of aromatic amines is 1. The number of fused-ring (bicyclic) bond motifs is 1. The Bertz CT molecular complexity index is 1740. The largest absolute Gasteiger partial charge is 0.756 e. The summed E-state index contributed by atoms with van der Waals surface area (Å²) in [6, 6.07) is 2.75. The first-order chi connectivity index (χ1) is 21.1. The number of hydrogen-bond acceptors (Lipinski definition) is 17. The first-order valence-corrected chi connectivity index (χ1v) is 15.7. The van der Waals surface area contributed by atoms with Gasteiger partial charge >= 0.3 is 7.82 Å². The van der Waals surface area contributed by atoms with Gasteiger partial charge in [0.2, 0.25) is 5.95 Å². The number of phosphoric acid groups is 2. The van der Waals surface area contributed by atoms with Gasteiger partial charge in [0, 0.05) is 6.07 Å². The van der Waals surface area contributed by atoms with E-state index in [2.05, 4.69) is 23.8 Å². The van der Waals surface area contributed by atoms with Crippen LogP contribution in [0.4, 0.5) is 5.95 Å². The molecule has 0 saturated carbocycles. The number of nitrogen functional groups attached to an aromatic ring is 1. The number of imidazole rings is 1. The summed E-state index contributed by atoms with van der Waals surface area (Å²) in [7, 11) is -11.4. The van der Waals surface area contributed by atoms with Crippen LogP contribution in [0.5, 0.6) is 0 Å². The summed E-state index contributed by atoms with van der Waals surface area (Å²) in [6.45, 7) is -1.88. The summed E-state index contributed by atoms with van der Waals surface area (Å²) in [5, 5.41) is 41.3. The fraction of sp³-hybridized carbons (Fsp3) is 0.476. The second-order valence-corrected chi connectivity index (χ2v) is 12.8. The van der Waals surface area contributed by atoms with Crippen LogP contribution in [0, 0.1) is 0 Å². The Morgan fingerprint density at radius 1 is 1.20 bits per heavy atom. The zero-order chi connectivity index (χ0) is 32.8. The van der Waals surface area contributed by atoms with Gasteiger partial charge in [-0.2, -0.15) is 9.55 Å². The van der Waals surface area contributed by atoms with Crippen LogP contribution >= 0.6 is 15.6 Å². The van der Waals surface area contributed by atoms with Gasteiger partial charge < -0.3 is 55.7 Å². The molecule has 5 heterocycles. The molecule has 24 heteroatoms. The number of anilines is 1. The first-order valence-electron chi connectivity index (χ1n) is 12.8. The number of nitrogens with one attached hydrogen (secondary N) is 1. The van der Waals surface area contributed by atoms with Crippen molar-refractivity contribution in [1.29, 1.82) is 0 Å². The number of H-pyrrole nitrogens is 1. The van der Waals surface area contributed by atoms with E-state index in [0.717, 1.165) is 15.5 Å². The zero-order valence-corrected chi connectivity index (χ0v) is 24.4. The number of pyridine rings is 1. The van der Waals surface area contributed by atoms with E-state index in [9.17, 15) is 48.9 Å². The number of primary amides is 1. The van der Waals surface area contributed by atoms with Gasteiger partial charge in [0.15, 0.2) is 35.9 Å². The summed E-state index contributed by atoms with van der Waals surface area (Å²) < 4.78 is 51.9. The van der Waals surface area contributed by atoms with Gasteiger partial charge in [-0.15, -0.1) is 0 Å². The zero-order valence-electron chi connectivity index (χ0n) is 22.6. The molecule has 5 rings (SSSR count). The molecule has 0 aliphatic carbocycles. The Morgan fingerprint density at radius 3 is 2.62 bits per heavy atom. The quantitative estimate of drug-likeness (QED) is 0.0701. The maximum absolute atomic E-state index is 12.6. The number of rotatable bonds is 11. The second-order valence-electron chi connectivity index (χ2n) is 9.83. The SMILES string of the molecule is NC(=O)c1ccc[n+]([C@@H]2O[C@H](CO)[C@@H](OP(=O)([O-])OP(=O)(O)OC[C@H]3O[C@@H](n4cnc5c(=O)[nH]c(N)nc54)[C@H](O)[C@@H]3O)[C@H]2O)c1. The minimum absolute atomic E-state index is 0.0135. The normalized spacial score (nSPS) is 31.2. The Labute approximate surface area is 250 Å². The van der Waals surface area contributed by atoms with Gasteiger partial charge in [-0.1, -0.05) is 0 Å². The van der Waals surface area contributed by atoms with Gasteiger partial charge in [-0.3, -0.25) is 28.2 Å². The molecule has 246 valence electrons. The maximum Gasteiger partial charge on any atom is 0.478 e. The fourth-order valence-electron chi connectivity index (χ4n) is 4.75. The molecule has 3 aromatic rings. The minimum atomic E-state index is -5.81. The minimum Gasteiger partial charge on any atom is -0.756 e. The average molecular weight is 679 g/mol. The molecular weight excluding hydrogens is 652 g/mol. The van der Waals surface area contributed by atoms with Crippen LogP contribution in [0.3, 0.4) is 0 Å². The third kappa shape index (κ3) is 6.83. The van der Waals surface area contributed by atoms with Crippen molar-refractivity contribution in [3.05, 3.63) is 46.8 Å². The number of amides is 1. The van der Waals surface area contributed by atoms with E-state index in [1.165, 1.54) is 24.5 Å². The lowest BCUT2D eigenvalue weighted by atomic mass is 10.1. The van der Waals surface area contributed by atoms with Crippen LogP contribution in [-0.2, 0) is 32.0 Å². The molecule has 22 nitrogen and oxygen atoms in total. The standard InChI is InChI=1S/C21H27N7O15P2/c22-16(33)8-2-1-3-27(4-8)19-14(32)15(9(5-29)40-19)42-45(37,38)43-44(35,36)39-6-10-12(30)13(31)20(41-10)28-7-24-11-17(28)25-21(23)26-18(11)34/h1-4,7,9-10,12-15,19-20,29-32H,5-6H2,(H6-,22,23,25,26,33,34,35,36,37,38)/t9-,10-,12-,13-,14-,15-,19-,20-/m1/s1. The van der Waals surface area contributed by atoms with Crippen LogP contribution in [0.15, 0.2) is 35.6 Å². The number of ether oxygens (including phenoxy) is 2. The summed E-state index contributed by atoms with van der Waals surface area (Å²) in [5.41, 5.74) is 9.83. The molecule has 1 amide bonds. The monoisotopic (exact) mass is 679 g/mol. The number of phosphoric ester groups is 2. The van der Waals surface area contributed by atoms with Crippen molar-refractivity contribution in [1.82, 2.24) is 19.5 Å². The van der Waals surface area contributed by atoms with Gasteiger partial charge in [-0.25, -0.2) is 13.9 Å². The molecule has 0 spiro atoms. The highest BCUT2D eigenvalue weighted by molar-refractivity contribution is 7.60. The number of nitrogens with zero attached hydrogens (tertiary/aromatic N) is 4. The Balaban J connectivity index is 1.23. The highest BCUT2D eigenvalue weighted by atomic mass is 31.3. The van der Waals surface area contributed by atoms with E-state index in [0.29, 0.717) is 0 Å². The maximum atomic E-state index is 12.6. The number of carbonyl (C=O) groups is 1. The van der Waals surface area contributed by atoms with Gasteiger partial charge in [0.05, 0.1) is 19.5 Å². The summed E-state index contributed by atoms with van der Waals surface area (Å²) in [5.74, 6) is -1.09. The predicted molar refractivity (Wildman–Crippen MR) is 140 cm³/mol. The Kier molecular flexibility index (Phi) is 9.23. The number of hydrogen-bond donors (Lipinski definition) is 8. The van der Waals surface area contributed by atoms with Crippen LogP contribution in [0.2, 0.25) is 0 Å². The molecule has 2 saturated heterocycles. The Hall–Kier alpha value is -3.21. The second kappa shape index (κ2) is 12.5. The summed E-state index contributed by atoms with van der Waals surface area (Å²) in [6.07, 6.45) is -9.39. The number of nitrogens with two attached hydrogens (primary N) is 2. The first kappa shape index (κ1) is 33.2. The van der Waals surface area contributed by atoms with Crippen molar-refractivity contribution < 1.29 is 71.5 Å². The lowest BCUT2D eigenvalue weighted by Crippen LogP contribution is -2.46. The van der Waals surface area contributed by atoms with Gasteiger partial charge in [-0.05, 0) is 6.07 Å². The number of carbonyl (C=O) groups excluding carboxylic acids is 1. The third-order valence-electron chi connectivity index (χ3n) is 6.81. The number of aromatic nitrogens is 5.